The van der Waals surface area contributed by atoms with Crippen molar-refractivity contribution >= 4 is 19.6 Å². The molecule has 0 saturated carbocycles. The Morgan fingerprint density at radius 1 is 0.742 bits per heavy atom. The Labute approximate surface area is 197 Å². The van der Waals surface area contributed by atoms with Gasteiger partial charge in [0.25, 0.3) is 0 Å². The van der Waals surface area contributed by atoms with E-state index in [0.717, 1.165) is 0 Å². The zero-order valence-corrected chi connectivity index (χ0v) is 22.3. The summed E-state index contributed by atoms with van der Waals surface area (Å²) in [6.45, 7) is 7.16. The maximum absolute atomic E-state index is 10.7. The molecule has 0 heterocycles. The molecule has 0 aromatic carbocycles. The van der Waals surface area contributed by atoms with Gasteiger partial charge in [-0.05, 0) is 31.9 Å². The predicted molar refractivity (Wildman–Crippen MR) is 135 cm³/mol. The van der Waals surface area contributed by atoms with Gasteiger partial charge in [0.2, 0.25) is 0 Å². The van der Waals surface area contributed by atoms with Crippen molar-refractivity contribution < 1.29 is 23.6 Å². The SMILES string of the molecule is CCCCCCCCCCCCSC(CCCCCC)C(C)OCCCOP(=O)(O)O. The molecule has 2 unspecified atom stereocenters. The van der Waals surface area contributed by atoms with Gasteiger partial charge in [0.15, 0.2) is 0 Å². The van der Waals surface area contributed by atoms with Gasteiger partial charge in [-0.25, -0.2) is 4.57 Å². The Kier molecular flexibility index (Phi) is 22.5. The normalized spacial score (nSPS) is 14.1. The molecule has 0 saturated heterocycles. The second-order valence-electron chi connectivity index (χ2n) is 8.69. The molecule has 0 aliphatic heterocycles. The Bertz CT molecular complexity index is 419. The Morgan fingerprint density at radius 3 is 1.81 bits per heavy atom. The third kappa shape index (κ3) is 23.4. The molecule has 0 spiro atoms. The minimum Gasteiger partial charge on any atom is -0.377 e. The monoisotopic (exact) mass is 482 g/mol. The molecule has 0 radical (unpaired) electrons. The fourth-order valence-electron chi connectivity index (χ4n) is 3.67. The molecule has 31 heavy (non-hydrogen) atoms. The zero-order valence-electron chi connectivity index (χ0n) is 20.6. The molecule has 188 valence electrons. The third-order valence-electron chi connectivity index (χ3n) is 5.62. The highest BCUT2D eigenvalue weighted by molar-refractivity contribution is 7.99. The molecule has 0 aliphatic rings. The molecule has 0 aromatic rings. The summed E-state index contributed by atoms with van der Waals surface area (Å²) in [6, 6.07) is 0. The van der Waals surface area contributed by atoms with E-state index in [1.165, 1.54) is 102 Å². The van der Waals surface area contributed by atoms with Gasteiger partial charge in [0.05, 0.1) is 12.7 Å². The summed E-state index contributed by atoms with van der Waals surface area (Å²) >= 11 is 2.05. The number of rotatable bonds is 24. The minimum absolute atomic E-state index is 0.0317. The summed E-state index contributed by atoms with van der Waals surface area (Å²) in [5.74, 6) is 1.20. The molecule has 0 aliphatic carbocycles. The highest BCUT2D eigenvalue weighted by Crippen LogP contribution is 2.35. The molecule has 7 heteroatoms. The van der Waals surface area contributed by atoms with E-state index in [1.807, 2.05) is 0 Å². The van der Waals surface area contributed by atoms with Crippen molar-refractivity contribution in [3.63, 3.8) is 0 Å². The van der Waals surface area contributed by atoms with Gasteiger partial charge < -0.3 is 14.5 Å². The summed E-state index contributed by atoms with van der Waals surface area (Å²) in [6.07, 6.45) is 20.6. The van der Waals surface area contributed by atoms with E-state index in [2.05, 4.69) is 37.1 Å². The van der Waals surface area contributed by atoms with E-state index in [-0.39, 0.29) is 12.7 Å². The first-order chi connectivity index (χ1) is 14.9. The van der Waals surface area contributed by atoms with Crippen LogP contribution in [-0.2, 0) is 13.8 Å². The van der Waals surface area contributed by atoms with Crippen molar-refractivity contribution in [1.82, 2.24) is 0 Å². The molecule has 0 bridgehead atoms. The summed E-state index contributed by atoms with van der Waals surface area (Å²) in [5.41, 5.74) is 0. The lowest BCUT2D eigenvalue weighted by atomic mass is 10.1. The molecule has 5 nitrogen and oxygen atoms in total. The van der Waals surface area contributed by atoms with Crippen LogP contribution in [-0.4, -0.2) is 40.1 Å². The van der Waals surface area contributed by atoms with Crippen LogP contribution in [0.1, 0.15) is 124 Å². The van der Waals surface area contributed by atoms with Gasteiger partial charge >= 0.3 is 7.82 Å². The fourth-order valence-corrected chi connectivity index (χ4v) is 5.39. The van der Waals surface area contributed by atoms with Crippen LogP contribution in [0, 0.1) is 0 Å². The van der Waals surface area contributed by atoms with Crippen LogP contribution < -0.4 is 0 Å². The van der Waals surface area contributed by atoms with Crippen LogP contribution in [0.4, 0.5) is 0 Å². The molecule has 0 fully saturated rings. The average Bonchev–Trinajstić information content (AvgIpc) is 2.72. The number of phosphoric ester groups is 1. The zero-order chi connectivity index (χ0) is 23.2. The standard InChI is InChI=1S/C24H51O5PS/c1-4-6-8-10-11-12-13-14-15-17-22-31-24(19-16-9-7-5-2)23(3)28-20-18-21-29-30(25,26)27/h23-24H,4-22H2,1-3H3,(H2,25,26,27). The van der Waals surface area contributed by atoms with Crippen LogP contribution in [0.15, 0.2) is 0 Å². The second-order valence-corrected chi connectivity index (χ2v) is 11.3. The van der Waals surface area contributed by atoms with Crippen LogP contribution >= 0.6 is 19.6 Å². The van der Waals surface area contributed by atoms with E-state index < -0.39 is 7.82 Å². The van der Waals surface area contributed by atoms with Crippen molar-refractivity contribution in [2.75, 3.05) is 19.0 Å². The van der Waals surface area contributed by atoms with Gasteiger partial charge in [0.1, 0.15) is 0 Å². The highest BCUT2D eigenvalue weighted by atomic mass is 32.2. The lowest BCUT2D eigenvalue weighted by molar-refractivity contribution is 0.0521. The number of hydrogen-bond acceptors (Lipinski definition) is 4. The fraction of sp³-hybridized carbons (Fsp3) is 1.00. The first-order valence-electron chi connectivity index (χ1n) is 12.8. The summed E-state index contributed by atoms with van der Waals surface area (Å²) in [5, 5.41) is 0.498. The lowest BCUT2D eigenvalue weighted by Crippen LogP contribution is -2.24. The predicted octanol–water partition coefficient (Wildman–Crippen LogP) is 7.88. The molecular weight excluding hydrogens is 431 g/mol. The maximum Gasteiger partial charge on any atom is 0.469 e. The van der Waals surface area contributed by atoms with Gasteiger partial charge in [0, 0.05) is 11.9 Å². The number of thioether (sulfide) groups is 1. The molecule has 0 rings (SSSR count). The van der Waals surface area contributed by atoms with Crippen LogP contribution in [0.3, 0.4) is 0 Å². The number of unbranched alkanes of at least 4 members (excludes halogenated alkanes) is 12. The second kappa shape index (κ2) is 22.2. The van der Waals surface area contributed by atoms with Crippen molar-refractivity contribution in [3.05, 3.63) is 0 Å². The van der Waals surface area contributed by atoms with Crippen molar-refractivity contribution in [2.45, 2.75) is 135 Å². The van der Waals surface area contributed by atoms with Crippen molar-refractivity contribution in [3.8, 4) is 0 Å². The average molecular weight is 483 g/mol. The molecule has 2 atom stereocenters. The smallest absolute Gasteiger partial charge is 0.377 e. The van der Waals surface area contributed by atoms with Crippen molar-refractivity contribution in [1.29, 1.82) is 0 Å². The summed E-state index contributed by atoms with van der Waals surface area (Å²) in [7, 11) is -4.37. The largest absolute Gasteiger partial charge is 0.469 e. The van der Waals surface area contributed by atoms with Crippen molar-refractivity contribution in [2.24, 2.45) is 0 Å². The quantitative estimate of drug-likeness (QED) is 0.108. The van der Waals surface area contributed by atoms with E-state index >= 15 is 0 Å². The van der Waals surface area contributed by atoms with E-state index in [4.69, 9.17) is 14.5 Å². The van der Waals surface area contributed by atoms with Gasteiger partial charge in [-0.3, -0.25) is 4.52 Å². The molecule has 0 aromatic heterocycles. The van der Waals surface area contributed by atoms with Gasteiger partial charge in [-0.2, -0.15) is 11.8 Å². The van der Waals surface area contributed by atoms with Crippen LogP contribution in [0.5, 0.6) is 0 Å². The van der Waals surface area contributed by atoms with E-state index in [9.17, 15) is 4.57 Å². The van der Waals surface area contributed by atoms with Crippen LogP contribution in [0.2, 0.25) is 0 Å². The minimum atomic E-state index is -4.37. The molecule has 0 amide bonds. The molecule has 2 N–H and O–H groups in total. The topological polar surface area (TPSA) is 76.0 Å². The number of phosphoric acid groups is 1. The third-order valence-corrected chi connectivity index (χ3v) is 7.71. The summed E-state index contributed by atoms with van der Waals surface area (Å²) in [4.78, 5) is 17.5. The van der Waals surface area contributed by atoms with Crippen LogP contribution in [0.25, 0.3) is 0 Å². The Morgan fingerprint density at radius 2 is 1.26 bits per heavy atom. The Balaban J connectivity index is 3.95. The van der Waals surface area contributed by atoms with Gasteiger partial charge in [-0.1, -0.05) is 97.3 Å². The number of hydrogen-bond donors (Lipinski definition) is 2. The lowest BCUT2D eigenvalue weighted by Gasteiger charge is -2.24. The highest BCUT2D eigenvalue weighted by Gasteiger charge is 2.18. The first-order valence-corrected chi connectivity index (χ1v) is 15.4. The summed E-state index contributed by atoms with van der Waals surface area (Å²) < 4.78 is 21.2. The Hall–Kier alpha value is 0.420. The number of ether oxygens (including phenoxy) is 1. The maximum atomic E-state index is 10.7. The van der Waals surface area contributed by atoms with E-state index in [1.54, 1.807) is 0 Å². The van der Waals surface area contributed by atoms with Gasteiger partial charge in [-0.15, -0.1) is 0 Å². The first kappa shape index (κ1) is 31.4. The molecular formula is C24H51O5PS. The van der Waals surface area contributed by atoms with E-state index in [0.29, 0.717) is 18.3 Å².